The van der Waals surface area contributed by atoms with E-state index in [1.165, 1.54) is 50.3 Å². The zero-order valence-electron chi connectivity index (χ0n) is 12.7. The average molecular weight is 294 g/mol. The van der Waals surface area contributed by atoms with E-state index in [0.717, 1.165) is 13.1 Å². The molecule has 0 aromatic heterocycles. The summed E-state index contributed by atoms with van der Waals surface area (Å²) < 4.78 is 27.2. The van der Waals surface area contributed by atoms with Gasteiger partial charge < -0.3 is 5.32 Å². The van der Waals surface area contributed by atoms with Crippen molar-refractivity contribution in [1.29, 1.82) is 0 Å². The highest BCUT2D eigenvalue weighted by atomic mass is 19.1. The SMILES string of the molecule is CC1CNC2(CCCCC2)CN1Cc1cc(F)ccc1F. The van der Waals surface area contributed by atoms with Gasteiger partial charge in [-0.15, -0.1) is 0 Å². The molecule has 3 rings (SSSR count). The molecule has 0 bridgehead atoms. The zero-order valence-corrected chi connectivity index (χ0v) is 12.7. The van der Waals surface area contributed by atoms with Crippen molar-refractivity contribution >= 4 is 0 Å². The first-order chi connectivity index (χ1) is 10.1. The van der Waals surface area contributed by atoms with Gasteiger partial charge in [0.2, 0.25) is 0 Å². The maximum Gasteiger partial charge on any atom is 0.127 e. The molecule has 0 radical (unpaired) electrons. The highest BCUT2D eigenvalue weighted by Gasteiger charge is 2.38. The van der Waals surface area contributed by atoms with E-state index in [0.29, 0.717) is 18.2 Å². The molecule has 1 heterocycles. The third-order valence-corrected chi connectivity index (χ3v) is 5.09. The monoisotopic (exact) mass is 294 g/mol. The van der Waals surface area contributed by atoms with Crippen molar-refractivity contribution in [2.45, 2.75) is 57.2 Å². The van der Waals surface area contributed by atoms with Crippen LogP contribution >= 0.6 is 0 Å². The summed E-state index contributed by atoms with van der Waals surface area (Å²) in [6.45, 7) is 4.51. The van der Waals surface area contributed by atoms with E-state index in [1.54, 1.807) is 0 Å². The van der Waals surface area contributed by atoms with Crippen LogP contribution in [0.25, 0.3) is 0 Å². The quantitative estimate of drug-likeness (QED) is 0.898. The van der Waals surface area contributed by atoms with Gasteiger partial charge in [0.15, 0.2) is 0 Å². The van der Waals surface area contributed by atoms with Gasteiger partial charge >= 0.3 is 0 Å². The number of halogens is 2. The lowest BCUT2D eigenvalue weighted by molar-refractivity contribution is 0.0565. The molecular formula is C17H24F2N2. The summed E-state index contributed by atoms with van der Waals surface area (Å²) in [7, 11) is 0. The Hall–Kier alpha value is -1.00. The Morgan fingerprint density at radius 2 is 2.00 bits per heavy atom. The lowest BCUT2D eigenvalue weighted by atomic mass is 9.79. The van der Waals surface area contributed by atoms with Crippen molar-refractivity contribution in [2.75, 3.05) is 13.1 Å². The van der Waals surface area contributed by atoms with Crippen molar-refractivity contribution in [3.63, 3.8) is 0 Å². The van der Waals surface area contributed by atoms with Gasteiger partial charge in [-0.3, -0.25) is 4.90 Å². The smallest absolute Gasteiger partial charge is 0.127 e. The number of nitrogens with one attached hydrogen (secondary N) is 1. The minimum absolute atomic E-state index is 0.189. The predicted molar refractivity (Wildman–Crippen MR) is 80.0 cm³/mol. The second kappa shape index (κ2) is 6.01. The van der Waals surface area contributed by atoms with Crippen LogP contribution in [0.5, 0.6) is 0 Å². The topological polar surface area (TPSA) is 15.3 Å². The molecular weight excluding hydrogens is 270 g/mol. The Balaban J connectivity index is 1.75. The number of rotatable bonds is 2. The van der Waals surface area contributed by atoms with Crippen molar-refractivity contribution in [3.05, 3.63) is 35.4 Å². The molecule has 2 nitrogen and oxygen atoms in total. The highest BCUT2D eigenvalue weighted by molar-refractivity contribution is 5.19. The largest absolute Gasteiger partial charge is 0.308 e. The number of benzene rings is 1. The summed E-state index contributed by atoms with van der Waals surface area (Å²) in [5, 5.41) is 3.72. The van der Waals surface area contributed by atoms with Gasteiger partial charge in [0.1, 0.15) is 11.6 Å². The number of hydrogen-bond acceptors (Lipinski definition) is 2. The molecule has 2 aliphatic rings. The Morgan fingerprint density at radius 3 is 2.76 bits per heavy atom. The van der Waals surface area contributed by atoms with Crippen LogP contribution in [-0.2, 0) is 6.54 Å². The van der Waals surface area contributed by atoms with Gasteiger partial charge in [-0.2, -0.15) is 0 Å². The zero-order chi connectivity index (χ0) is 14.9. The Labute approximate surface area is 125 Å². The summed E-state index contributed by atoms with van der Waals surface area (Å²) in [6.07, 6.45) is 6.24. The summed E-state index contributed by atoms with van der Waals surface area (Å²) in [6, 6.07) is 4.09. The van der Waals surface area contributed by atoms with Crippen LogP contribution in [0.1, 0.15) is 44.6 Å². The van der Waals surface area contributed by atoms with Crippen LogP contribution < -0.4 is 5.32 Å². The van der Waals surface area contributed by atoms with Gasteiger partial charge in [0, 0.05) is 36.8 Å². The van der Waals surface area contributed by atoms with Crippen LogP contribution in [0.3, 0.4) is 0 Å². The Kier molecular flexibility index (Phi) is 4.27. The van der Waals surface area contributed by atoms with E-state index in [-0.39, 0.29) is 17.2 Å². The molecule has 0 amide bonds. The maximum atomic E-state index is 13.9. The molecule has 1 N–H and O–H groups in total. The molecule has 1 saturated heterocycles. The maximum absolute atomic E-state index is 13.9. The number of nitrogens with zero attached hydrogens (tertiary/aromatic N) is 1. The van der Waals surface area contributed by atoms with Crippen molar-refractivity contribution < 1.29 is 8.78 Å². The molecule has 1 aromatic rings. The minimum atomic E-state index is -0.360. The summed E-state index contributed by atoms with van der Waals surface area (Å²) in [4.78, 5) is 2.31. The average Bonchev–Trinajstić information content (AvgIpc) is 2.48. The number of piperazine rings is 1. The fourth-order valence-corrected chi connectivity index (χ4v) is 3.75. The summed E-state index contributed by atoms with van der Waals surface area (Å²) >= 11 is 0. The van der Waals surface area contributed by atoms with Gasteiger partial charge in [0.05, 0.1) is 0 Å². The van der Waals surface area contributed by atoms with Crippen molar-refractivity contribution in [3.8, 4) is 0 Å². The lowest BCUT2D eigenvalue weighted by Crippen LogP contribution is -2.63. The van der Waals surface area contributed by atoms with Gasteiger partial charge in [-0.05, 0) is 38.0 Å². The third-order valence-electron chi connectivity index (χ3n) is 5.09. The fourth-order valence-electron chi connectivity index (χ4n) is 3.75. The summed E-state index contributed by atoms with van der Waals surface area (Å²) in [5.41, 5.74) is 0.656. The first-order valence-corrected chi connectivity index (χ1v) is 8.01. The van der Waals surface area contributed by atoms with Crippen LogP contribution in [-0.4, -0.2) is 29.6 Å². The molecule has 4 heteroatoms. The van der Waals surface area contributed by atoms with Gasteiger partial charge in [-0.1, -0.05) is 19.3 Å². The van der Waals surface area contributed by atoms with Crippen LogP contribution in [0, 0.1) is 11.6 Å². The van der Waals surface area contributed by atoms with E-state index < -0.39 is 0 Å². The Bertz CT molecular complexity index is 498. The molecule has 1 spiro atoms. The normalized spacial score (nSPS) is 26.1. The molecule has 116 valence electrons. The fraction of sp³-hybridized carbons (Fsp3) is 0.647. The molecule has 1 atom stereocenters. The predicted octanol–water partition coefficient (Wildman–Crippen LogP) is 3.46. The Morgan fingerprint density at radius 1 is 1.24 bits per heavy atom. The van der Waals surface area contributed by atoms with E-state index in [2.05, 4.69) is 17.1 Å². The standard InChI is InChI=1S/C17H24F2N2/c1-13-10-20-17(7-3-2-4-8-17)12-21(13)11-14-9-15(18)5-6-16(14)19/h5-6,9,13,20H,2-4,7-8,10-12H2,1H3. The molecule has 1 unspecified atom stereocenters. The van der Waals surface area contributed by atoms with E-state index in [9.17, 15) is 8.78 Å². The minimum Gasteiger partial charge on any atom is -0.308 e. The molecule has 1 aliphatic carbocycles. The number of hydrogen-bond donors (Lipinski definition) is 1. The first kappa shape index (κ1) is 14.9. The third kappa shape index (κ3) is 3.27. The molecule has 21 heavy (non-hydrogen) atoms. The van der Waals surface area contributed by atoms with Crippen LogP contribution in [0.15, 0.2) is 18.2 Å². The molecule has 1 aromatic carbocycles. The highest BCUT2D eigenvalue weighted by Crippen LogP contribution is 2.32. The summed E-state index contributed by atoms with van der Waals surface area (Å²) in [5.74, 6) is -0.665. The van der Waals surface area contributed by atoms with Crippen LogP contribution in [0.2, 0.25) is 0 Å². The van der Waals surface area contributed by atoms with Crippen molar-refractivity contribution in [1.82, 2.24) is 10.2 Å². The molecule has 1 saturated carbocycles. The van der Waals surface area contributed by atoms with Gasteiger partial charge in [-0.25, -0.2) is 8.78 Å². The molecule has 1 aliphatic heterocycles. The second-order valence-electron chi connectivity index (χ2n) is 6.71. The lowest BCUT2D eigenvalue weighted by Gasteiger charge is -2.49. The first-order valence-electron chi connectivity index (χ1n) is 8.01. The van der Waals surface area contributed by atoms with Crippen molar-refractivity contribution in [2.24, 2.45) is 0 Å². The van der Waals surface area contributed by atoms with E-state index in [1.807, 2.05) is 0 Å². The van der Waals surface area contributed by atoms with E-state index in [4.69, 9.17) is 0 Å². The van der Waals surface area contributed by atoms with Crippen LogP contribution in [0.4, 0.5) is 8.78 Å². The van der Waals surface area contributed by atoms with E-state index >= 15 is 0 Å². The second-order valence-corrected chi connectivity index (χ2v) is 6.71. The van der Waals surface area contributed by atoms with Gasteiger partial charge in [0.25, 0.3) is 0 Å². The molecule has 2 fully saturated rings.